The summed E-state index contributed by atoms with van der Waals surface area (Å²) in [5.41, 5.74) is 6.81. The van der Waals surface area contributed by atoms with E-state index in [1.807, 2.05) is 6.26 Å². The van der Waals surface area contributed by atoms with Crippen LogP contribution in [0.2, 0.25) is 0 Å². The maximum absolute atomic E-state index is 11.2. The molecule has 0 aliphatic rings. The van der Waals surface area contributed by atoms with Gasteiger partial charge >= 0.3 is 0 Å². The normalized spacial score (nSPS) is 14.0. The van der Waals surface area contributed by atoms with Crippen LogP contribution >= 0.6 is 11.8 Å². The van der Waals surface area contributed by atoms with Gasteiger partial charge in [-0.15, -0.1) is 0 Å². The zero-order valence-corrected chi connectivity index (χ0v) is 11.8. The number of nitrogen functional groups attached to an aromatic ring is 1. The molecule has 0 aliphatic carbocycles. The van der Waals surface area contributed by atoms with Crippen LogP contribution in [0.4, 0.5) is 11.4 Å². The first-order valence-corrected chi connectivity index (χ1v) is 7.11. The molecule has 4 nitrogen and oxygen atoms in total. The molecule has 0 bridgehead atoms. The SMILES string of the molecule is CSCC(C)(O)CNc1ccc(C(C)=O)c(N)c1. The zero-order chi connectivity index (χ0) is 13.8. The summed E-state index contributed by atoms with van der Waals surface area (Å²) in [6.07, 6.45) is 1.95. The largest absolute Gasteiger partial charge is 0.398 e. The van der Waals surface area contributed by atoms with E-state index >= 15 is 0 Å². The molecule has 1 aromatic rings. The Balaban J connectivity index is 2.70. The molecule has 1 atom stereocenters. The molecule has 0 amide bonds. The van der Waals surface area contributed by atoms with Crippen molar-refractivity contribution >= 4 is 28.9 Å². The number of thioether (sulfide) groups is 1. The van der Waals surface area contributed by atoms with Gasteiger partial charge in [0.05, 0.1) is 5.60 Å². The Labute approximate surface area is 112 Å². The summed E-state index contributed by atoms with van der Waals surface area (Å²) in [6, 6.07) is 5.21. The summed E-state index contributed by atoms with van der Waals surface area (Å²) in [5.74, 6) is 0.606. The number of hydrogen-bond acceptors (Lipinski definition) is 5. The molecule has 100 valence electrons. The number of nitrogens with two attached hydrogens (primary N) is 1. The lowest BCUT2D eigenvalue weighted by Gasteiger charge is -2.23. The van der Waals surface area contributed by atoms with Gasteiger partial charge in [0.15, 0.2) is 5.78 Å². The van der Waals surface area contributed by atoms with Crippen LogP contribution < -0.4 is 11.1 Å². The molecule has 0 aromatic heterocycles. The van der Waals surface area contributed by atoms with Gasteiger partial charge in [-0.2, -0.15) is 11.8 Å². The van der Waals surface area contributed by atoms with Crippen molar-refractivity contribution in [1.82, 2.24) is 0 Å². The highest BCUT2D eigenvalue weighted by Crippen LogP contribution is 2.19. The monoisotopic (exact) mass is 268 g/mol. The highest BCUT2D eigenvalue weighted by molar-refractivity contribution is 7.98. The highest BCUT2D eigenvalue weighted by atomic mass is 32.2. The summed E-state index contributed by atoms with van der Waals surface area (Å²) >= 11 is 1.59. The second-order valence-corrected chi connectivity index (χ2v) is 5.51. The van der Waals surface area contributed by atoms with Gasteiger partial charge in [0.25, 0.3) is 0 Å². The van der Waals surface area contributed by atoms with Crippen LogP contribution in [0.3, 0.4) is 0 Å². The second-order valence-electron chi connectivity index (χ2n) is 4.64. The van der Waals surface area contributed by atoms with E-state index in [1.54, 1.807) is 36.9 Å². The molecule has 1 aromatic carbocycles. The van der Waals surface area contributed by atoms with Gasteiger partial charge in [-0.25, -0.2) is 0 Å². The van der Waals surface area contributed by atoms with Crippen molar-refractivity contribution in [3.63, 3.8) is 0 Å². The van der Waals surface area contributed by atoms with Gasteiger partial charge in [-0.1, -0.05) is 0 Å². The summed E-state index contributed by atoms with van der Waals surface area (Å²) in [4.78, 5) is 11.2. The predicted molar refractivity (Wildman–Crippen MR) is 78.4 cm³/mol. The topological polar surface area (TPSA) is 75.3 Å². The molecule has 0 aliphatic heterocycles. The molecule has 0 spiro atoms. The minimum atomic E-state index is -0.770. The van der Waals surface area contributed by atoms with E-state index in [1.165, 1.54) is 6.92 Å². The molecule has 0 saturated heterocycles. The van der Waals surface area contributed by atoms with E-state index in [4.69, 9.17) is 5.73 Å². The maximum Gasteiger partial charge on any atom is 0.161 e. The van der Waals surface area contributed by atoms with Crippen LogP contribution in [0, 0.1) is 0 Å². The zero-order valence-electron chi connectivity index (χ0n) is 11.0. The Morgan fingerprint density at radius 2 is 2.22 bits per heavy atom. The molecule has 0 saturated carbocycles. The van der Waals surface area contributed by atoms with Gasteiger partial charge in [-0.3, -0.25) is 4.79 Å². The first-order valence-electron chi connectivity index (χ1n) is 5.71. The molecule has 1 unspecified atom stereocenters. The van der Waals surface area contributed by atoms with E-state index in [0.29, 0.717) is 23.5 Å². The lowest BCUT2D eigenvalue weighted by Crippen LogP contribution is -2.36. The van der Waals surface area contributed by atoms with Crippen LogP contribution in [0.5, 0.6) is 0 Å². The van der Waals surface area contributed by atoms with E-state index in [0.717, 1.165) is 5.69 Å². The minimum Gasteiger partial charge on any atom is -0.398 e. The smallest absolute Gasteiger partial charge is 0.161 e. The Morgan fingerprint density at radius 3 is 2.72 bits per heavy atom. The predicted octanol–water partition coefficient (Wildman–Crippen LogP) is 2.00. The van der Waals surface area contributed by atoms with E-state index in [2.05, 4.69) is 5.32 Å². The minimum absolute atomic E-state index is 0.0478. The molecular formula is C13H20N2O2S. The Kier molecular flexibility index (Phi) is 5.04. The Morgan fingerprint density at radius 1 is 1.56 bits per heavy atom. The van der Waals surface area contributed by atoms with Crippen molar-refractivity contribution in [3.8, 4) is 0 Å². The van der Waals surface area contributed by atoms with Gasteiger partial charge in [0.1, 0.15) is 0 Å². The molecule has 0 radical (unpaired) electrons. The Bertz CT molecular complexity index is 433. The van der Waals surface area contributed by atoms with Crippen LogP contribution in [-0.2, 0) is 0 Å². The van der Waals surface area contributed by atoms with Crippen molar-refractivity contribution in [2.75, 3.05) is 29.6 Å². The van der Waals surface area contributed by atoms with Crippen molar-refractivity contribution in [3.05, 3.63) is 23.8 Å². The number of anilines is 2. The average molecular weight is 268 g/mol. The number of benzene rings is 1. The third kappa shape index (κ3) is 4.23. The number of hydrogen-bond donors (Lipinski definition) is 3. The third-order valence-electron chi connectivity index (χ3n) is 2.56. The molecular weight excluding hydrogens is 248 g/mol. The molecule has 1 rings (SSSR count). The van der Waals surface area contributed by atoms with Crippen molar-refractivity contribution in [2.45, 2.75) is 19.4 Å². The van der Waals surface area contributed by atoms with Crippen molar-refractivity contribution in [2.24, 2.45) is 0 Å². The van der Waals surface area contributed by atoms with Crippen molar-refractivity contribution in [1.29, 1.82) is 0 Å². The van der Waals surface area contributed by atoms with Crippen LogP contribution in [-0.4, -0.2) is 35.0 Å². The van der Waals surface area contributed by atoms with Crippen molar-refractivity contribution < 1.29 is 9.90 Å². The molecule has 4 N–H and O–H groups in total. The maximum atomic E-state index is 11.2. The van der Waals surface area contributed by atoms with Crippen LogP contribution in [0.1, 0.15) is 24.2 Å². The second kappa shape index (κ2) is 6.11. The number of nitrogens with one attached hydrogen (secondary N) is 1. The van der Waals surface area contributed by atoms with Gasteiger partial charge in [0.2, 0.25) is 0 Å². The third-order valence-corrected chi connectivity index (χ3v) is 3.47. The summed E-state index contributed by atoms with van der Waals surface area (Å²) < 4.78 is 0. The number of rotatable bonds is 6. The molecule has 5 heteroatoms. The lowest BCUT2D eigenvalue weighted by atomic mass is 10.1. The van der Waals surface area contributed by atoms with E-state index in [-0.39, 0.29) is 5.78 Å². The fourth-order valence-electron chi connectivity index (χ4n) is 1.65. The quantitative estimate of drug-likeness (QED) is 0.543. The standard InChI is InChI=1S/C13H20N2O2S/c1-9(16)11-5-4-10(6-12(11)14)15-7-13(2,17)8-18-3/h4-6,15,17H,7-8,14H2,1-3H3. The summed E-state index contributed by atoms with van der Waals surface area (Å²) in [7, 11) is 0. The highest BCUT2D eigenvalue weighted by Gasteiger charge is 2.19. The van der Waals surface area contributed by atoms with Gasteiger partial charge < -0.3 is 16.2 Å². The number of aliphatic hydroxyl groups is 1. The van der Waals surface area contributed by atoms with Crippen LogP contribution in [0.25, 0.3) is 0 Å². The fourth-order valence-corrected chi connectivity index (χ4v) is 2.37. The number of ketones is 1. The van der Waals surface area contributed by atoms with E-state index in [9.17, 15) is 9.90 Å². The van der Waals surface area contributed by atoms with E-state index < -0.39 is 5.60 Å². The molecule has 0 fully saturated rings. The average Bonchev–Trinajstić information content (AvgIpc) is 2.26. The first kappa shape index (κ1) is 14.9. The molecule has 18 heavy (non-hydrogen) atoms. The Hall–Kier alpha value is -1.20. The van der Waals surface area contributed by atoms with Crippen LogP contribution in [0.15, 0.2) is 18.2 Å². The molecule has 0 heterocycles. The summed E-state index contributed by atoms with van der Waals surface area (Å²) in [6.45, 7) is 3.71. The lowest BCUT2D eigenvalue weighted by molar-refractivity contribution is 0.0993. The summed E-state index contributed by atoms with van der Waals surface area (Å²) in [5, 5.41) is 13.1. The number of carbonyl (C=O) groups excluding carboxylic acids is 1. The number of Topliss-reactive ketones (excluding diaryl/α,β-unsaturated/α-hetero) is 1. The first-order chi connectivity index (χ1) is 8.35. The van der Waals surface area contributed by atoms with Gasteiger partial charge in [-0.05, 0) is 38.3 Å². The van der Waals surface area contributed by atoms with Gasteiger partial charge in [0, 0.05) is 29.2 Å². The number of carbonyl (C=O) groups is 1. The fraction of sp³-hybridized carbons (Fsp3) is 0.462.